The van der Waals surface area contributed by atoms with Crippen LogP contribution >= 0.6 is 0 Å². The van der Waals surface area contributed by atoms with Gasteiger partial charge in [-0.15, -0.1) is 0 Å². The van der Waals surface area contributed by atoms with Crippen LogP contribution < -0.4 is 5.32 Å². The summed E-state index contributed by atoms with van der Waals surface area (Å²) in [5, 5.41) is 5.00. The molecular formula is C25H38N2. The van der Waals surface area contributed by atoms with Crippen LogP contribution in [0.25, 0.3) is 10.9 Å². The van der Waals surface area contributed by atoms with Gasteiger partial charge in [-0.1, -0.05) is 49.8 Å². The Hall–Kier alpha value is -1.80. The molecule has 0 atom stereocenters. The summed E-state index contributed by atoms with van der Waals surface area (Å²) < 4.78 is 0. The Labute approximate surface area is 166 Å². The number of nitrogens with one attached hydrogen (secondary N) is 2. The summed E-state index contributed by atoms with van der Waals surface area (Å²) >= 11 is 0. The highest BCUT2D eigenvalue weighted by Crippen LogP contribution is 2.31. The van der Waals surface area contributed by atoms with Gasteiger partial charge in [-0.2, -0.15) is 0 Å². The van der Waals surface area contributed by atoms with Gasteiger partial charge >= 0.3 is 0 Å². The Bertz CT molecular complexity index is 764. The van der Waals surface area contributed by atoms with Crippen LogP contribution in [0.4, 0.5) is 0 Å². The highest BCUT2D eigenvalue weighted by atomic mass is 14.8. The molecule has 0 saturated heterocycles. The van der Waals surface area contributed by atoms with Gasteiger partial charge in [0.1, 0.15) is 0 Å². The molecule has 1 saturated carbocycles. The molecule has 1 aromatic carbocycles. The lowest BCUT2D eigenvalue weighted by atomic mass is 9.86. The van der Waals surface area contributed by atoms with E-state index in [1.54, 1.807) is 11.1 Å². The van der Waals surface area contributed by atoms with E-state index >= 15 is 0 Å². The lowest BCUT2D eigenvalue weighted by molar-refractivity contribution is 0.634. The van der Waals surface area contributed by atoms with Crippen molar-refractivity contribution in [1.82, 2.24) is 10.3 Å². The van der Waals surface area contributed by atoms with E-state index in [-0.39, 0.29) is 0 Å². The van der Waals surface area contributed by atoms with Crippen molar-refractivity contribution in [3.05, 3.63) is 58.8 Å². The molecule has 1 aliphatic carbocycles. The fraction of sp³-hybridized carbons (Fsp3) is 0.520. The zero-order valence-electron chi connectivity index (χ0n) is 17.9. The van der Waals surface area contributed by atoms with Crippen LogP contribution in [-0.2, 0) is 6.42 Å². The van der Waals surface area contributed by atoms with Crippen molar-refractivity contribution >= 4 is 10.9 Å². The predicted octanol–water partition coefficient (Wildman–Crippen LogP) is 6.86. The summed E-state index contributed by atoms with van der Waals surface area (Å²) in [6.07, 6.45) is 8.63. The first-order valence-corrected chi connectivity index (χ1v) is 10.8. The monoisotopic (exact) mass is 366 g/mol. The molecule has 2 nitrogen and oxygen atoms in total. The maximum atomic E-state index is 4.26. The number of fused-ring (bicyclic) bond motifs is 1. The van der Waals surface area contributed by atoms with Gasteiger partial charge in [0.2, 0.25) is 0 Å². The normalized spacial score (nSPS) is 16.2. The van der Waals surface area contributed by atoms with E-state index in [9.17, 15) is 0 Å². The van der Waals surface area contributed by atoms with Gasteiger partial charge in [0.15, 0.2) is 0 Å². The minimum Gasteiger partial charge on any atom is -0.358 e. The summed E-state index contributed by atoms with van der Waals surface area (Å²) in [4.78, 5) is 3.49. The Morgan fingerprint density at radius 3 is 2.63 bits per heavy atom. The van der Waals surface area contributed by atoms with Crippen LogP contribution in [0.2, 0.25) is 0 Å². The number of H-pyrrole nitrogens is 1. The second-order valence-electron chi connectivity index (χ2n) is 7.45. The van der Waals surface area contributed by atoms with Crippen molar-refractivity contribution in [2.75, 3.05) is 13.1 Å². The van der Waals surface area contributed by atoms with Crippen molar-refractivity contribution in [3.8, 4) is 0 Å². The third-order valence-electron chi connectivity index (χ3n) is 5.58. The van der Waals surface area contributed by atoms with Gasteiger partial charge in [0, 0.05) is 16.6 Å². The first-order chi connectivity index (χ1) is 13.2. The van der Waals surface area contributed by atoms with Crippen molar-refractivity contribution in [2.45, 2.75) is 72.6 Å². The Kier molecular flexibility index (Phi) is 8.87. The molecule has 0 aliphatic heterocycles. The van der Waals surface area contributed by atoms with E-state index in [0.29, 0.717) is 0 Å². The Balaban J connectivity index is 0.00000126. The molecular weight excluding hydrogens is 328 g/mol. The molecule has 1 aromatic heterocycles. The molecule has 1 aliphatic rings. The zero-order chi connectivity index (χ0) is 19.6. The fourth-order valence-corrected chi connectivity index (χ4v) is 4.11. The minimum atomic E-state index is 1.05. The second kappa shape index (κ2) is 11.1. The standard InChI is InChI=1S/C23H32N2.C2H6/c1-17-9-4-5-11-20(17)18(2)10-8-15-24-16-14-21-19(3)25-23-13-7-6-12-22(21)23;1-2/h6-7,12-13,24-25H,1,4-5,8-11,14-16H2,2-3H3;1-2H3/b20-18+;. The third-order valence-corrected chi connectivity index (χ3v) is 5.58. The number of aromatic amines is 1. The van der Waals surface area contributed by atoms with E-state index in [0.717, 1.165) is 19.5 Å². The highest BCUT2D eigenvalue weighted by molar-refractivity contribution is 5.84. The molecule has 1 heterocycles. The van der Waals surface area contributed by atoms with Gasteiger partial charge in [0.05, 0.1) is 0 Å². The fourth-order valence-electron chi connectivity index (χ4n) is 4.11. The molecule has 0 bridgehead atoms. The van der Waals surface area contributed by atoms with Crippen LogP contribution in [0.15, 0.2) is 47.6 Å². The van der Waals surface area contributed by atoms with Gasteiger partial charge in [-0.3, -0.25) is 0 Å². The first kappa shape index (κ1) is 21.5. The number of para-hydroxylation sites is 1. The SMILES string of the molecule is C=C1CCCC/C1=C(/C)CCCNCCc1c(C)[nH]c2ccccc12.CC. The van der Waals surface area contributed by atoms with Crippen LogP contribution in [-0.4, -0.2) is 18.1 Å². The second-order valence-corrected chi connectivity index (χ2v) is 7.45. The number of hydrogen-bond acceptors (Lipinski definition) is 1. The molecule has 2 aromatic rings. The number of rotatable bonds is 7. The predicted molar refractivity (Wildman–Crippen MR) is 120 cm³/mol. The maximum absolute atomic E-state index is 4.26. The molecule has 27 heavy (non-hydrogen) atoms. The summed E-state index contributed by atoms with van der Waals surface area (Å²) in [6.45, 7) is 14.9. The number of hydrogen-bond donors (Lipinski definition) is 2. The molecule has 2 N–H and O–H groups in total. The summed E-state index contributed by atoms with van der Waals surface area (Å²) in [5.41, 5.74) is 8.55. The minimum absolute atomic E-state index is 1.05. The Morgan fingerprint density at radius 1 is 1.11 bits per heavy atom. The van der Waals surface area contributed by atoms with Crippen molar-refractivity contribution < 1.29 is 0 Å². The van der Waals surface area contributed by atoms with Crippen molar-refractivity contribution in [1.29, 1.82) is 0 Å². The lowest BCUT2D eigenvalue weighted by Crippen LogP contribution is -2.18. The van der Waals surface area contributed by atoms with E-state index in [4.69, 9.17) is 0 Å². The number of allylic oxidation sites excluding steroid dienone is 3. The van der Waals surface area contributed by atoms with E-state index in [2.05, 4.69) is 55.0 Å². The van der Waals surface area contributed by atoms with Gasteiger partial charge < -0.3 is 10.3 Å². The largest absolute Gasteiger partial charge is 0.358 e. The molecule has 2 heteroatoms. The quantitative estimate of drug-likeness (QED) is 0.515. The van der Waals surface area contributed by atoms with Gasteiger partial charge in [-0.05, 0) is 89.1 Å². The topological polar surface area (TPSA) is 27.8 Å². The molecule has 0 radical (unpaired) electrons. The summed E-state index contributed by atoms with van der Waals surface area (Å²) in [6, 6.07) is 8.61. The summed E-state index contributed by atoms with van der Waals surface area (Å²) in [7, 11) is 0. The lowest BCUT2D eigenvalue weighted by Gasteiger charge is -2.20. The maximum Gasteiger partial charge on any atom is 0.0458 e. The third kappa shape index (κ3) is 5.84. The van der Waals surface area contributed by atoms with E-state index in [1.807, 2.05) is 13.8 Å². The van der Waals surface area contributed by atoms with Crippen LogP contribution in [0.3, 0.4) is 0 Å². The van der Waals surface area contributed by atoms with Gasteiger partial charge in [-0.25, -0.2) is 0 Å². The average molecular weight is 367 g/mol. The molecule has 0 unspecified atom stereocenters. The van der Waals surface area contributed by atoms with Crippen LogP contribution in [0.1, 0.15) is 70.6 Å². The van der Waals surface area contributed by atoms with E-state index < -0.39 is 0 Å². The first-order valence-electron chi connectivity index (χ1n) is 10.8. The summed E-state index contributed by atoms with van der Waals surface area (Å²) in [5.74, 6) is 0. The average Bonchev–Trinajstić information content (AvgIpc) is 3.01. The van der Waals surface area contributed by atoms with Crippen LogP contribution in [0.5, 0.6) is 0 Å². The molecule has 0 amide bonds. The van der Waals surface area contributed by atoms with Crippen LogP contribution in [0, 0.1) is 6.92 Å². The number of aryl methyl sites for hydroxylation is 1. The molecule has 148 valence electrons. The van der Waals surface area contributed by atoms with E-state index in [1.165, 1.54) is 66.3 Å². The van der Waals surface area contributed by atoms with Crippen molar-refractivity contribution in [2.24, 2.45) is 0 Å². The smallest absolute Gasteiger partial charge is 0.0458 e. The highest BCUT2D eigenvalue weighted by Gasteiger charge is 2.12. The number of aromatic nitrogens is 1. The molecule has 0 spiro atoms. The zero-order valence-corrected chi connectivity index (χ0v) is 17.9. The molecule has 1 fully saturated rings. The Morgan fingerprint density at radius 2 is 1.85 bits per heavy atom. The van der Waals surface area contributed by atoms with Gasteiger partial charge in [0.25, 0.3) is 0 Å². The molecule has 3 rings (SSSR count). The van der Waals surface area contributed by atoms with Crippen molar-refractivity contribution in [3.63, 3.8) is 0 Å². The number of benzene rings is 1.